The normalized spacial score (nSPS) is 23.7. The van der Waals surface area contributed by atoms with E-state index in [0.29, 0.717) is 19.5 Å². The van der Waals surface area contributed by atoms with Crippen LogP contribution in [0.2, 0.25) is 0 Å². The molecule has 2 heterocycles. The first kappa shape index (κ1) is 17.6. The SMILES string of the molecule is CC(C)C[C@H]1C(=O)N(C)C[C@@H]2CN(Cc3cc(F)ccc3F)C(=O)N21. The summed E-state index contributed by atoms with van der Waals surface area (Å²) in [6, 6.07) is 2.36. The average molecular weight is 351 g/mol. The Morgan fingerprint density at radius 3 is 2.60 bits per heavy atom. The van der Waals surface area contributed by atoms with Gasteiger partial charge >= 0.3 is 6.03 Å². The van der Waals surface area contributed by atoms with Gasteiger partial charge in [0, 0.05) is 25.7 Å². The molecule has 0 aliphatic carbocycles. The molecule has 136 valence electrons. The average Bonchev–Trinajstić information content (AvgIpc) is 2.83. The Labute approximate surface area is 146 Å². The van der Waals surface area contributed by atoms with Crippen molar-refractivity contribution in [1.29, 1.82) is 0 Å². The molecule has 3 amide bonds. The third-order valence-corrected chi connectivity index (χ3v) is 4.86. The number of carbonyl (C=O) groups is 2. The zero-order valence-electron chi connectivity index (χ0n) is 14.7. The number of halogens is 2. The fourth-order valence-corrected chi connectivity index (χ4v) is 3.72. The maximum Gasteiger partial charge on any atom is 0.321 e. The second kappa shape index (κ2) is 6.61. The van der Waals surface area contributed by atoms with Crippen molar-refractivity contribution in [3.8, 4) is 0 Å². The molecule has 0 spiro atoms. The summed E-state index contributed by atoms with van der Waals surface area (Å²) >= 11 is 0. The largest absolute Gasteiger partial charge is 0.342 e. The first-order chi connectivity index (χ1) is 11.8. The molecule has 0 saturated carbocycles. The van der Waals surface area contributed by atoms with Gasteiger partial charge < -0.3 is 14.7 Å². The van der Waals surface area contributed by atoms with Crippen molar-refractivity contribution < 1.29 is 18.4 Å². The first-order valence-corrected chi connectivity index (χ1v) is 8.54. The van der Waals surface area contributed by atoms with Gasteiger partial charge in [0.15, 0.2) is 0 Å². The Balaban J connectivity index is 1.83. The number of benzene rings is 1. The lowest BCUT2D eigenvalue weighted by Gasteiger charge is -2.41. The van der Waals surface area contributed by atoms with Crippen molar-refractivity contribution in [3.05, 3.63) is 35.4 Å². The van der Waals surface area contributed by atoms with Crippen molar-refractivity contribution in [2.24, 2.45) is 5.92 Å². The molecular weight excluding hydrogens is 328 g/mol. The van der Waals surface area contributed by atoms with Crippen LogP contribution >= 0.6 is 0 Å². The van der Waals surface area contributed by atoms with Gasteiger partial charge in [-0.05, 0) is 30.5 Å². The summed E-state index contributed by atoms with van der Waals surface area (Å²) < 4.78 is 27.3. The molecule has 2 saturated heterocycles. The van der Waals surface area contributed by atoms with Crippen molar-refractivity contribution in [2.75, 3.05) is 20.1 Å². The highest BCUT2D eigenvalue weighted by Crippen LogP contribution is 2.29. The number of rotatable bonds is 4. The van der Waals surface area contributed by atoms with E-state index in [9.17, 15) is 18.4 Å². The molecule has 0 N–H and O–H groups in total. The van der Waals surface area contributed by atoms with Gasteiger partial charge in [-0.1, -0.05) is 13.8 Å². The molecule has 0 radical (unpaired) electrons. The summed E-state index contributed by atoms with van der Waals surface area (Å²) in [5.74, 6) is -0.861. The predicted molar refractivity (Wildman–Crippen MR) is 88.7 cm³/mol. The second-order valence-electron chi connectivity index (χ2n) is 7.32. The van der Waals surface area contributed by atoms with E-state index < -0.39 is 17.7 Å². The highest BCUT2D eigenvalue weighted by atomic mass is 19.1. The first-order valence-electron chi connectivity index (χ1n) is 8.54. The number of hydrogen-bond donors (Lipinski definition) is 0. The van der Waals surface area contributed by atoms with Gasteiger partial charge in [-0.25, -0.2) is 13.6 Å². The van der Waals surface area contributed by atoms with Crippen molar-refractivity contribution in [3.63, 3.8) is 0 Å². The number of carbonyl (C=O) groups excluding carboxylic acids is 2. The molecule has 7 heteroatoms. The monoisotopic (exact) mass is 351 g/mol. The zero-order valence-corrected chi connectivity index (χ0v) is 14.7. The van der Waals surface area contributed by atoms with Gasteiger partial charge in [-0.2, -0.15) is 0 Å². The number of hydrogen-bond acceptors (Lipinski definition) is 2. The summed E-state index contributed by atoms with van der Waals surface area (Å²) in [6.07, 6.45) is 0.591. The van der Waals surface area contributed by atoms with E-state index in [-0.39, 0.29) is 36.0 Å². The summed E-state index contributed by atoms with van der Waals surface area (Å²) in [7, 11) is 1.74. The van der Waals surface area contributed by atoms with E-state index in [1.165, 1.54) is 4.90 Å². The minimum Gasteiger partial charge on any atom is -0.342 e. The lowest BCUT2D eigenvalue weighted by Crippen LogP contribution is -2.60. The summed E-state index contributed by atoms with van der Waals surface area (Å²) in [6.45, 7) is 4.89. The lowest BCUT2D eigenvalue weighted by atomic mass is 9.98. The van der Waals surface area contributed by atoms with Gasteiger partial charge in [0.25, 0.3) is 0 Å². The fraction of sp³-hybridized carbons (Fsp3) is 0.556. The van der Waals surface area contributed by atoms with Crippen molar-refractivity contribution in [1.82, 2.24) is 14.7 Å². The Hall–Kier alpha value is -2.18. The van der Waals surface area contributed by atoms with E-state index in [1.807, 2.05) is 13.8 Å². The Bertz CT molecular complexity index is 695. The highest BCUT2D eigenvalue weighted by Gasteiger charge is 2.48. The van der Waals surface area contributed by atoms with Crippen LogP contribution in [0.3, 0.4) is 0 Å². The Morgan fingerprint density at radius 2 is 1.92 bits per heavy atom. The third-order valence-electron chi connectivity index (χ3n) is 4.86. The maximum atomic E-state index is 13.9. The molecule has 2 aliphatic heterocycles. The molecule has 0 aromatic heterocycles. The van der Waals surface area contributed by atoms with E-state index in [0.717, 1.165) is 18.2 Å². The van der Waals surface area contributed by atoms with E-state index in [4.69, 9.17) is 0 Å². The lowest BCUT2D eigenvalue weighted by molar-refractivity contribution is -0.140. The minimum absolute atomic E-state index is 0.00172. The molecule has 2 fully saturated rings. The molecule has 25 heavy (non-hydrogen) atoms. The summed E-state index contributed by atoms with van der Waals surface area (Å²) in [4.78, 5) is 30.2. The van der Waals surface area contributed by atoms with Crippen LogP contribution < -0.4 is 0 Å². The summed E-state index contributed by atoms with van der Waals surface area (Å²) in [5, 5.41) is 0. The predicted octanol–water partition coefficient (Wildman–Crippen LogP) is 2.46. The standard InChI is InChI=1S/C18H23F2N3O2/c1-11(2)6-16-17(24)21(3)9-14-10-22(18(25)23(14)16)8-12-7-13(19)4-5-15(12)20/h4-5,7,11,14,16H,6,8-10H2,1-3H3/t14-,16+/m1/s1. The zero-order chi connectivity index (χ0) is 18.3. The minimum atomic E-state index is -0.536. The number of fused-ring (bicyclic) bond motifs is 1. The van der Waals surface area contributed by atoms with E-state index >= 15 is 0 Å². The van der Waals surface area contributed by atoms with Gasteiger partial charge in [0.1, 0.15) is 17.7 Å². The van der Waals surface area contributed by atoms with Crippen LogP contribution in [-0.2, 0) is 11.3 Å². The highest BCUT2D eigenvalue weighted by molar-refractivity contribution is 5.89. The number of nitrogens with zero attached hydrogens (tertiary/aromatic N) is 3. The summed E-state index contributed by atoms with van der Waals surface area (Å²) in [5.41, 5.74) is 0.147. The molecular formula is C18H23F2N3O2. The second-order valence-corrected chi connectivity index (χ2v) is 7.32. The maximum absolute atomic E-state index is 13.9. The molecule has 0 unspecified atom stereocenters. The van der Waals surface area contributed by atoms with Crippen molar-refractivity contribution in [2.45, 2.75) is 38.9 Å². The molecule has 2 atom stereocenters. The molecule has 1 aromatic rings. The van der Waals surface area contributed by atoms with Crippen LogP contribution in [0.15, 0.2) is 18.2 Å². The van der Waals surface area contributed by atoms with E-state index in [2.05, 4.69) is 0 Å². The molecule has 0 bridgehead atoms. The van der Waals surface area contributed by atoms with Gasteiger partial charge in [-0.3, -0.25) is 4.79 Å². The van der Waals surface area contributed by atoms with Crippen LogP contribution in [0.5, 0.6) is 0 Å². The van der Waals surface area contributed by atoms with Crippen LogP contribution in [0.25, 0.3) is 0 Å². The fourth-order valence-electron chi connectivity index (χ4n) is 3.72. The number of piperazine rings is 1. The number of amides is 3. The van der Waals surface area contributed by atoms with E-state index in [1.54, 1.807) is 16.8 Å². The Kier molecular flexibility index (Phi) is 4.67. The molecule has 3 rings (SSSR count). The van der Waals surface area contributed by atoms with Crippen molar-refractivity contribution >= 4 is 11.9 Å². The van der Waals surface area contributed by atoms with Crippen LogP contribution in [-0.4, -0.2) is 58.9 Å². The number of urea groups is 1. The molecule has 5 nitrogen and oxygen atoms in total. The third kappa shape index (κ3) is 3.32. The van der Waals surface area contributed by atoms with Crippen LogP contribution in [0.4, 0.5) is 13.6 Å². The quantitative estimate of drug-likeness (QED) is 0.836. The van der Waals surface area contributed by atoms with Crippen LogP contribution in [0.1, 0.15) is 25.8 Å². The Morgan fingerprint density at radius 1 is 1.20 bits per heavy atom. The van der Waals surface area contributed by atoms with Crippen LogP contribution in [0, 0.1) is 17.6 Å². The molecule has 2 aliphatic rings. The van der Waals surface area contributed by atoms with Gasteiger partial charge in [0.2, 0.25) is 5.91 Å². The topological polar surface area (TPSA) is 43.9 Å². The molecule has 1 aromatic carbocycles. The number of likely N-dealkylation sites (N-methyl/N-ethyl adjacent to an activating group) is 1. The van der Waals surface area contributed by atoms with Gasteiger partial charge in [-0.15, -0.1) is 0 Å². The smallest absolute Gasteiger partial charge is 0.321 e. The van der Waals surface area contributed by atoms with Gasteiger partial charge in [0.05, 0.1) is 12.6 Å².